The van der Waals surface area contributed by atoms with E-state index in [4.69, 9.17) is 27.9 Å². The normalized spacial score (nSPS) is 12.2. The molecule has 0 amide bonds. The molecule has 112 valence electrons. The number of hydrogen-bond donors (Lipinski definition) is 1. The second-order valence-corrected chi connectivity index (χ2v) is 5.49. The van der Waals surface area contributed by atoms with Gasteiger partial charge in [0.05, 0.1) is 7.11 Å². The van der Waals surface area contributed by atoms with Gasteiger partial charge in [0.2, 0.25) is 0 Å². The minimum absolute atomic E-state index is 0.141. The lowest BCUT2D eigenvalue weighted by molar-refractivity contribution is 0.383. The van der Waals surface area contributed by atoms with Gasteiger partial charge in [0.15, 0.2) is 11.6 Å². The first-order valence-electron chi connectivity index (χ1n) is 6.50. The maximum absolute atomic E-state index is 14.3. The Kier molecular flexibility index (Phi) is 5.45. The fraction of sp³-hybridized carbons (Fsp3) is 0.250. The van der Waals surface area contributed by atoms with Gasteiger partial charge in [0, 0.05) is 16.1 Å². The quantitative estimate of drug-likeness (QED) is 0.863. The maximum atomic E-state index is 14.3. The summed E-state index contributed by atoms with van der Waals surface area (Å²) in [6.45, 7) is 0. The van der Waals surface area contributed by atoms with E-state index >= 15 is 0 Å². The predicted molar refractivity (Wildman–Crippen MR) is 84.9 cm³/mol. The molecule has 2 nitrogen and oxygen atoms in total. The molecule has 1 N–H and O–H groups in total. The molecule has 1 unspecified atom stereocenters. The van der Waals surface area contributed by atoms with Crippen LogP contribution in [0.5, 0.6) is 5.75 Å². The molecule has 0 aliphatic carbocycles. The summed E-state index contributed by atoms with van der Waals surface area (Å²) in [5, 5.41) is 4.35. The molecule has 0 spiro atoms. The van der Waals surface area contributed by atoms with Crippen molar-refractivity contribution in [3.63, 3.8) is 0 Å². The number of hydrogen-bond acceptors (Lipinski definition) is 2. The lowest BCUT2D eigenvalue weighted by Crippen LogP contribution is -2.20. The van der Waals surface area contributed by atoms with Gasteiger partial charge in [-0.05, 0) is 48.9 Å². The van der Waals surface area contributed by atoms with Gasteiger partial charge >= 0.3 is 0 Å². The van der Waals surface area contributed by atoms with E-state index in [2.05, 4.69) is 5.32 Å². The van der Waals surface area contributed by atoms with Gasteiger partial charge in [0.25, 0.3) is 0 Å². The molecular weight excluding hydrogens is 312 g/mol. The zero-order chi connectivity index (χ0) is 15.4. The molecule has 2 rings (SSSR count). The van der Waals surface area contributed by atoms with Crippen LogP contribution < -0.4 is 10.1 Å². The van der Waals surface area contributed by atoms with Crippen molar-refractivity contribution in [2.75, 3.05) is 14.2 Å². The molecule has 0 radical (unpaired) electrons. The molecule has 1 atom stereocenters. The third-order valence-corrected chi connectivity index (χ3v) is 3.95. The van der Waals surface area contributed by atoms with Gasteiger partial charge in [-0.2, -0.15) is 0 Å². The number of ether oxygens (including phenoxy) is 1. The Balaban J connectivity index is 2.33. The first-order valence-corrected chi connectivity index (χ1v) is 7.26. The smallest absolute Gasteiger partial charge is 0.168 e. The number of benzene rings is 2. The molecule has 2 aromatic carbocycles. The van der Waals surface area contributed by atoms with Crippen molar-refractivity contribution in [3.05, 3.63) is 63.4 Å². The van der Waals surface area contributed by atoms with Crippen LogP contribution in [-0.2, 0) is 6.42 Å². The fourth-order valence-electron chi connectivity index (χ4n) is 2.24. The van der Waals surface area contributed by atoms with Crippen molar-refractivity contribution < 1.29 is 9.13 Å². The number of nitrogens with one attached hydrogen (secondary N) is 1. The summed E-state index contributed by atoms with van der Waals surface area (Å²) >= 11 is 12.2. The van der Waals surface area contributed by atoms with E-state index in [0.29, 0.717) is 22.0 Å². The maximum Gasteiger partial charge on any atom is 0.168 e. The third kappa shape index (κ3) is 3.67. The minimum atomic E-state index is -0.349. The second kappa shape index (κ2) is 7.12. The average molecular weight is 328 g/mol. The van der Waals surface area contributed by atoms with E-state index in [9.17, 15) is 4.39 Å². The van der Waals surface area contributed by atoms with Crippen LogP contribution in [0.4, 0.5) is 4.39 Å². The zero-order valence-electron chi connectivity index (χ0n) is 11.8. The summed E-state index contributed by atoms with van der Waals surface area (Å²) in [4.78, 5) is 0. The van der Waals surface area contributed by atoms with E-state index < -0.39 is 0 Å². The molecule has 0 saturated carbocycles. The topological polar surface area (TPSA) is 21.3 Å². The lowest BCUT2D eigenvalue weighted by atomic mass is 9.98. The Morgan fingerprint density at radius 3 is 2.67 bits per heavy atom. The number of halogens is 3. The second-order valence-electron chi connectivity index (χ2n) is 4.64. The van der Waals surface area contributed by atoms with Crippen molar-refractivity contribution in [2.24, 2.45) is 0 Å². The highest BCUT2D eigenvalue weighted by Crippen LogP contribution is 2.30. The van der Waals surface area contributed by atoms with Crippen molar-refractivity contribution in [2.45, 2.75) is 12.5 Å². The van der Waals surface area contributed by atoms with Crippen LogP contribution in [0.1, 0.15) is 17.2 Å². The molecule has 0 fully saturated rings. The summed E-state index contributed by atoms with van der Waals surface area (Å²) in [5.74, 6) is -0.113. The highest BCUT2D eigenvalue weighted by atomic mass is 35.5. The van der Waals surface area contributed by atoms with Crippen LogP contribution in [0.15, 0.2) is 36.4 Å². The summed E-state index contributed by atoms with van der Waals surface area (Å²) in [6, 6.07) is 10.2. The van der Waals surface area contributed by atoms with Crippen molar-refractivity contribution in [1.82, 2.24) is 5.32 Å². The van der Waals surface area contributed by atoms with E-state index in [1.165, 1.54) is 7.11 Å². The Hall–Kier alpha value is -1.29. The predicted octanol–water partition coefficient (Wildman–Crippen LogP) is 4.64. The highest BCUT2D eigenvalue weighted by Gasteiger charge is 2.17. The Morgan fingerprint density at radius 1 is 1.24 bits per heavy atom. The van der Waals surface area contributed by atoms with Gasteiger partial charge in [-0.25, -0.2) is 4.39 Å². The molecule has 0 heterocycles. The van der Waals surface area contributed by atoms with Crippen LogP contribution in [0.3, 0.4) is 0 Å². The number of likely N-dealkylation sites (N-methyl/N-ethyl adjacent to an activating group) is 1. The minimum Gasteiger partial charge on any atom is -0.494 e. The van der Waals surface area contributed by atoms with Gasteiger partial charge in [0.1, 0.15) is 0 Å². The zero-order valence-corrected chi connectivity index (χ0v) is 13.3. The molecule has 0 saturated heterocycles. The molecule has 5 heteroatoms. The molecular formula is C16H16Cl2FNO. The van der Waals surface area contributed by atoms with Crippen molar-refractivity contribution >= 4 is 23.2 Å². The first-order chi connectivity index (χ1) is 10.1. The molecule has 0 bridgehead atoms. The third-order valence-electron chi connectivity index (χ3n) is 3.37. The lowest BCUT2D eigenvalue weighted by Gasteiger charge is -2.19. The Bertz CT molecular complexity index is 634. The molecule has 2 aromatic rings. The van der Waals surface area contributed by atoms with Gasteiger partial charge in [-0.3, -0.25) is 0 Å². The monoisotopic (exact) mass is 327 g/mol. The van der Waals surface area contributed by atoms with Crippen LogP contribution in [-0.4, -0.2) is 14.2 Å². The molecule has 0 aliphatic rings. The van der Waals surface area contributed by atoms with Crippen molar-refractivity contribution in [3.8, 4) is 5.75 Å². The SMILES string of the molecule is CNC(Cc1cccc(OC)c1F)c1cc(Cl)ccc1Cl. The Labute approximate surface area is 133 Å². The van der Waals surface area contributed by atoms with Crippen LogP contribution in [0.25, 0.3) is 0 Å². The van der Waals surface area contributed by atoms with Crippen molar-refractivity contribution in [1.29, 1.82) is 0 Å². The summed E-state index contributed by atoms with van der Waals surface area (Å²) in [5.41, 5.74) is 1.40. The van der Waals surface area contributed by atoms with Crippen LogP contribution >= 0.6 is 23.2 Å². The van der Waals surface area contributed by atoms with Crippen LogP contribution in [0.2, 0.25) is 10.0 Å². The van der Waals surface area contributed by atoms with Gasteiger partial charge in [-0.15, -0.1) is 0 Å². The summed E-state index contributed by atoms with van der Waals surface area (Å²) in [7, 11) is 3.26. The fourth-order valence-corrected chi connectivity index (χ4v) is 2.67. The molecule has 21 heavy (non-hydrogen) atoms. The van der Waals surface area contributed by atoms with Crippen LogP contribution in [0, 0.1) is 5.82 Å². The number of rotatable bonds is 5. The number of methoxy groups -OCH3 is 1. The van der Waals surface area contributed by atoms with E-state index in [-0.39, 0.29) is 17.6 Å². The first kappa shape index (κ1) is 16.1. The summed E-state index contributed by atoms with van der Waals surface area (Å²) < 4.78 is 19.3. The average Bonchev–Trinajstić information content (AvgIpc) is 2.49. The Morgan fingerprint density at radius 2 is 2.00 bits per heavy atom. The standard InChI is InChI=1S/C16H16Cl2FNO/c1-20-14(12-9-11(17)6-7-13(12)18)8-10-4-3-5-15(21-2)16(10)19/h3-7,9,14,20H,8H2,1-2H3. The summed E-state index contributed by atoms with van der Waals surface area (Å²) in [6.07, 6.45) is 0.444. The van der Waals surface area contributed by atoms with Gasteiger partial charge < -0.3 is 10.1 Å². The highest BCUT2D eigenvalue weighted by molar-refractivity contribution is 6.33. The molecule has 0 aromatic heterocycles. The molecule has 0 aliphatic heterocycles. The van der Waals surface area contributed by atoms with Gasteiger partial charge in [-0.1, -0.05) is 35.3 Å². The largest absolute Gasteiger partial charge is 0.494 e. The van der Waals surface area contributed by atoms with E-state index in [1.807, 2.05) is 0 Å². The van der Waals surface area contributed by atoms with E-state index in [1.54, 1.807) is 43.4 Å². The van der Waals surface area contributed by atoms with E-state index in [0.717, 1.165) is 5.56 Å².